The molecular weight excluding hydrogens is 336 g/mol. The van der Waals surface area contributed by atoms with Crippen molar-refractivity contribution >= 4 is 11.6 Å². The number of hydrogen-bond donors (Lipinski definition) is 2. The minimum atomic E-state index is -0.0284. The molecule has 0 saturated carbocycles. The van der Waals surface area contributed by atoms with Crippen molar-refractivity contribution in [3.8, 4) is 0 Å². The fourth-order valence-corrected chi connectivity index (χ4v) is 2.85. The van der Waals surface area contributed by atoms with Crippen LogP contribution in [0, 0.1) is 0 Å². The van der Waals surface area contributed by atoms with Crippen LogP contribution in [0.25, 0.3) is 0 Å². The molecule has 0 unspecified atom stereocenters. The van der Waals surface area contributed by atoms with Crippen LogP contribution in [0.2, 0.25) is 0 Å². The predicted octanol–water partition coefficient (Wildman–Crippen LogP) is 4.80. The van der Waals surface area contributed by atoms with Crippen molar-refractivity contribution in [1.82, 2.24) is 5.32 Å². The van der Waals surface area contributed by atoms with E-state index in [0.717, 1.165) is 43.5 Å². The first kappa shape index (κ1) is 21.0. The van der Waals surface area contributed by atoms with Gasteiger partial charge in [-0.15, -0.1) is 0 Å². The highest BCUT2D eigenvalue weighted by atomic mass is 16.5. The van der Waals surface area contributed by atoms with Crippen LogP contribution in [0.5, 0.6) is 0 Å². The first-order valence-corrected chi connectivity index (χ1v) is 10.0. The van der Waals surface area contributed by atoms with Gasteiger partial charge in [-0.3, -0.25) is 4.79 Å². The fraction of sp³-hybridized carbons (Fsp3) is 0.435. The molecule has 0 spiro atoms. The number of aryl methyl sites for hydroxylation is 1. The van der Waals surface area contributed by atoms with E-state index in [2.05, 4.69) is 42.7 Å². The minimum absolute atomic E-state index is 0.0284. The normalized spacial score (nSPS) is 10.6. The van der Waals surface area contributed by atoms with E-state index >= 15 is 0 Å². The number of rotatable bonds is 12. The molecule has 2 aromatic rings. The summed E-state index contributed by atoms with van der Waals surface area (Å²) >= 11 is 0. The number of carbonyl (C=O) groups excluding carboxylic acids is 1. The standard InChI is InChI=1S/C23H32N2O2/c1-3-5-15-27-16-9-14-24-23(26)21-12-8-10-19(17-21)18-25-22-13-7-6-11-20(22)4-2/h6-8,10-13,17,25H,3-5,9,14-16,18H2,1-2H3,(H,24,26). The molecule has 0 aliphatic rings. The molecule has 0 aliphatic carbocycles. The summed E-state index contributed by atoms with van der Waals surface area (Å²) < 4.78 is 5.51. The summed E-state index contributed by atoms with van der Waals surface area (Å²) in [6.45, 7) is 7.14. The Kier molecular flexibility index (Phi) is 9.42. The van der Waals surface area contributed by atoms with Crippen molar-refractivity contribution in [2.45, 2.75) is 46.1 Å². The Morgan fingerprint density at radius 2 is 1.81 bits per heavy atom. The molecule has 146 valence electrons. The summed E-state index contributed by atoms with van der Waals surface area (Å²) in [6, 6.07) is 16.1. The van der Waals surface area contributed by atoms with Crippen LogP contribution >= 0.6 is 0 Å². The van der Waals surface area contributed by atoms with Gasteiger partial charge in [-0.25, -0.2) is 0 Å². The topological polar surface area (TPSA) is 50.4 Å². The van der Waals surface area contributed by atoms with Gasteiger partial charge in [0.15, 0.2) is 0 Å². The quantitative estimate of drug-likeness (QED) is 0.529. The Labute approximate surface area is 163 Å². The Hall–Kier alpha value is -2.33. The van der Waals surface area contributed by atoms with Gasteiger partial charge in [-0.05, 0) is 48.6 Å². The number of unbranched alkanes of at least 4 members (excludes halogenated alkanes) is 1. The Morgan fingerprint density at radius 1 is 1.00 bits per heavy atom. The van der Waals surface area contributed by atoms with Crippen molar-refractivity contribution in [3.05, 3.63) is 65.2 Å². The Morgan fingerprint density at radius 3 is 2.63 bits per heavy atom. The van der Waals surface area contributed by atoms with Crippen molar-refractivity contribution in [2.24, 2.45) is 0 Å². The van der Waals surface area contributed by atoms with E-state index in [1.165, 1.54) is 5.56 Å². The molecule has 2 N–H and O–H groups in total. The van der Waals surface area contributed by atoms with Crippen LogP contribution < -0.4 is 10.6 Å². The van der Waals surface area contributed by atoms with Gasteiger partial charge in [0.2, 0.25) is 0 Å². The first-order valence-electron chi connectivity index (χ1n) is 10.0. The second-order valence-electron chi connectivity index (χ2n) is 6.64. The number of carbonyl (C=O) groups is 1. The van der Waals surface area contributed by atoms with Crippen molar-refractivity contribution < 1.29 is 9.53 Å². The van der Waals surface area contributed by atoms with Gasteiger partial charge in [0, 0.05) is 37.6 Å². The smallest absolute Gasteiger partial charge is 0.251 e. The minimum Gasteiger partial charge on any atom is -0.381 e. The second kappa shape index (κ2) is 12.1. The Bertz CT molecular complexity index is 700. The number of anilines is 1. The molecule has 0 bridgehead atoms. The van der Waals surface area contributed by atoms with Crippen molar-refractivity contribution in [3.63, 3.8) is 0 Å². The summed E-state index contributed by atoms with van der Waals surface area (Å²) in [6.07, 6.45) is 4.07. The van der Waals surface area contributed by atoms with Crippen molar-refractivity contribution in [1.29, 1.82) is 0 Å². The number of para-hydroxylation sites is 1. The van der Waals surface area contributed by atoms with E-state index in [9.17, 15) is 4.79 Å². The van der Waals surface area contributed by atoms with E-state index in [-0.39, 0.29) is 5.91 Å². The summed E-state index contributed by atoms with van der Waals surface area (Å²) in [5.41, 5.74) is 4.24. The third kappa shape index (κ3) is 7.43. The molecule has 0 saturated heterocycles. The van der Waals surface area contributed by atoms with Crippen LogP contribution in [-0.2, 0) is 17.7 Å². The van der Waals surface area contributed by atoms with E-state index in [1.54, 1.807) is 0 Å². The third-order valence-corrected chi connectivity index (χ3v) is 4.46. The van der Waals surface area contributed by atoms with E-state index in [4.69, 9.17) is 4.74 Å². The highest BCUT2D eigenvalue weighted by molar-refractivity contribution is 5.94. The molecule has 4 nitrogen and oxygen atoms in total. The zero-order chi connectivity index (χ0) is 19.3. The highest BCUT2D eigenvalue weighted by Gasteiger charge is 2.06. The zero-order valence-corrected chi connectivity index (χ0v) is 16.6. The zero-order valence-electron chi connectivity index (χ0n) is 16.6. The van der Waals surface area contributed by atoms with Crippen LogP contribution in [0.15, 0.2) is 48.5 Å². The molecule has 0 aliphatic heterocycles. The number of hydrogen-bond acceptors (Lipinski definition) is 3. The first-order chi connectivity index (χ1) is 13.2. The van der Waals surface area contributed by atoms with Gasteiger partial charge < -0.3 is 15.4 Å². The maximum absolute atomic E-state index is 12.3. The number of nitrogens with one attached hydrogen (secondary N) is 2. The fourth-order valence-electron chi connectivity index (χ4n) is 2.85. The molecular formula is C23H32N2O2. The molecule has 1 amide bonds. The number of amides is 1. The number of ether oxygens (including phenoxy) is 1. The van der Waals surface area contributed by atoms with Gasteiger partial charge in [0.05, 0.1) is 0 Å². The Balaban J connectivity index is 1.79. The summed E-state index contributed by atoms with van der Waals surface area (Å²) in [7, 11) is 0. The van der Waals surface area contributed by atoms with E-state index in [1.807, 2.05) is 30.3 Å². The van der Waals surface area contributed by atoms with Crippen LogP contribution in [-0.4, -0.2) is 25.7 Å². The van der Waals surface area contributed by atoms with Crippen molar-refractivity contribution in [2.75, 3.05) is 25.1 Å². The molecule has 0 radical (unpaired) electrons. The van der Waals surface area contributed by atoms with Crippen LogP contribution in [0.1, 0.15) is 54.6 Å². The summed E-state index contributed by atoms with van der Waals surface area (Å²) in [4.78, 5) is 12.3. The van der Waals surface area contributed by atoms with E-state index in [0.29, 0.717) is 25.3 Å². The molecule has 0 fully saturated rings. The third-order valence-electron chi connectivity index (χ3n) is 4.46. The largest absolute Gasteiger partial charge is 0.381 e. The van der Waals surface area contributed by atoms with Gasteiger partial charge in [0.25, 0.3) is 5.91 Å². The highest BCUT2D eigenvalue weighted by Crippen LogP contribution is 2.17. The second-order valence-corrected chi connectivity index (χ2v) is 6.64. The number of benzene rings is 2. The maximum Gasteiger partial charge on any atom is 0.251 e. The summed E-state index contributed by atoms with van der Waals surface area (Å²) in [5.74, 6) is -0.0284. The molecule has 0 aromatic heterocycles. The monoisotopic (exact) mass is 368 g/mol. The van der Waals surface area contributed by atoms with Crippen LogP contribution in [0.4, 0.5) is 5.69 Å². The van der Waals surface area contributed by atoms with Gasteiger partial charge >= 0.3 is 0 Å². The van der Waals surface area contributed by atoms with E-state index < -0.39 is 0 Å². The summed E-state index contributed by atoms with van der Waals surface area (Å²) in [5, 5.41) is 6.44. The molecule has 0 atom stereocenters. The molecule has 27 heavy (non-hydrogen) atoms. The average Bonchev–Trinajstić information content (AvgIpc) is 2.71. The SMILES string of the molecule is CCCCOCCCNC(=O)c1cccc(CNc2ccccc2CC)c1. The lowest BCUT2D eigenvalue weighted by atomic mass is 10.1. The van der Waals surface area contributed by atoms with Gasteiger partial charge in [0.1, 0.15) is 0 Å². The lowest BCUT2D eigenvalue weighted by Gasteiger charge is -2.12. The molecule has 2 aromatic carbocycles. The molecule has 0 heterocycles. The van der Waals surface area contributed by atoms with Gasteiger partial charge in [-0.2, -0.15) is 0 Å². The predicted molar refractivity (Wildman–Crippen MR) is 112 cm³/mol. The lowest BCUT2D eigenvalue weighted by Crippen LogP contribution is -2.25. The maximum atomic E-state index is 12.3. The average molecular weight is 369 g/mol. The van der Waals surface area contributed by atoms with Crippen LogP contribution in [0.3, 0.4) is 0 Å². The van der Waals surface area contributed by atoms with Gasteiger partial charge in [-0.1, -0.05) is 50.6 Å². The molecule has 4 heteroatoms. The molecule has 2 rings (SSSR count). The lowest BCUT2D eigenvalue weighted by molar-refractivity contribution is 0.0940.